The molecule has 2 rings (SSSR count). The van der Waals surface area contributed by atoms with Crippen molar-refractivity contribution in [2.45, 2.75) is 71.2 Å². The Balaban J connectivity index is 2.18. The van der Waals surface area contributed by atoms with E-state index in [9.17, 15) is 0 Å². The zero-order chi connectivity index (χ0) is 17.5. The monoisotopic (exact) mass is 340 g/mol. The second-order valence-corrected chi connectivity index (χ2v) is 9.03. The normalized spacial score (nSPS) is 22.3. The molecule has 1 aromatic carbocycles. The summed E-state index contributed by atoms with van der Waals surface area (Å²) in [5.41, 5.74) is 0.450. The molecule has 130 valence electrons. The number of rotatable bonds is 5. The van der Waals surface area contributed by atoms with Crippen LogP contribution in [0, 0.1) is 0 Å². The Morgan fingerprint density at radius 1 is 1.00 bits per heavy atom. The van der Waals surface area contributed by atoms with Crippen molar-refractivity contribution in [2.75, 3.05) is 7.11 Å². The van der Waals surface area contributed by atoms with Crippen molar-refractivity contribution >= 4 is 13.7 Å². The highest BCUT2D eigenvalue weighted by atomic mass is 31.2. The lowest BCUT2D eigenvalue weighted by atomic mass is 9.80. The lowest BCUT2D eigenvalue weighted by Crippen LogP contribution is -2.41. The molecule has 0 radical (unpaired) electrons. The summed E-state index contributed by atoms with van der Waals surface area (Å²) in [5.74, 6) is 0. The Bertz CT molecular complexity index is 520. The lowest BCUT2D eigenvalue weighted by Gasteiger charge is -2.31. The van der Waals surface area contributed by atoms with E-state index in [0.29, 0.717) is 0 Å². The molecule has 0 spiro atoms. The average Bonchev–Trinajstić information content (AvgIpc) is 2.68. The molecule has 1 aliphatic heterocycles. The van der Waals surface area contributed by atoms with E-state index in [0.717, 1.165) is 5.30 Å². The lowest BCUT2D eigenvalue weighted by molar-refractivity contribution is -0.311. The Morgan fingerprint density at radius 2 is 1.48 bits per heavy atom. The molecule has 23 heavy (non-hydrogen) atoms. The van der Waals surface area contributed by atoms with Crippen LogP contribution in [0.25, 0.3) is 0 Å². The van der Waals surface area contributed by atoms with E-state index in [2.05, 4.69) is 65.8 Å². The van der Waals surface area contributed by atoms with Gasteiger partial charge in [-0.3, -0.25) is 0 Å². The summed E-state index contributed by atoms with van der Waals surface area (Å²) in [7, 11) is 0.496. The van der Waals surface area contributed by atoms with Gasteiger partial charge in [0.15, 0.2) is 0 Å². The summed E-state index contributed by atoms with van der Waals surface area (Å²) in [5, 5.41) is 1.10. The van der Waals surface area contributed by atoms with Gasteiger partial charge in [-0.15, -0.1) is 0 Å². The zero-order valence-electron chi connectivity index (χ0n) is 15.5. The molecule has 0 bridgehead atoms. The highest BCUT2D eigenvalue weighted by molar-refractivity contribution is 7.56. The molecule has 0 N–H and O–H groups in total. The summed E-state index contributed by atoms with van der Waals surface area (Å²) >= 11 is 0. The van der Waals surface area contributed by atoms with Crippen LogP contribution in [0.4, 0.5) is 0 Å². The molecule has 1 unspecified atom stereocenters. The molecule has 4 nitrogen and oxygen atoms in total. The van der Waals surface area contributed by atoms with E-state index < -0.39 is 8.38 Å². The van der Waals surface area contributed by atoms with Crippen LogP contribution in [0.1, 0.15) is 54.0 Å². The molecular formula is C18H29O4P. The highest BCUT2D eigenvalue weighted by Crippen LogP contribution is 2.57. The second-order valence-electron chi connectivity index (χ2n) is 7.63. The van der Waals surface area contributed by atoms with Crippen molar-refractivity contribution in [3.63, 3.8) is 0 Å². The third-order valence-corrected chi connectivity index (χ3v) is 7.12. The van der Waals surface area contributed by atoms with Crippen LogP contribution in [0.3, 0.4) is 0 Å². The molecule has 0 aliphatic carbocycles. The van der Waals surface area contributed by atoms with Crippen molar-refractivity contribution in [3.8, 4) is 0 Å². The standard InChI is InChI=1S/C18H29O4P/c1-13(20-19-8)16(2,3)14-9-11-15(12-10-14)23-21-17(4,5)18(6,7)22-23/h9-13H,1-8H3. The Kier molecular flexibility index (Phi) is 5.25. The van der Waals surface area contributed by atoms with Crippen LogP contribution in [0.15, 0.2) is 24.3 Å². The Labute approximate surface area is 141 Å². The highest BCUT2D eigenvalue weighted by Gasteiger charge is 2.50. The first-order valence-corrected chi connectivity index (χ1v) is 9.17. The molecule has 5 heteroatoms. The van der Waals surface area contributed by atoms with E-state index in [1.165, 1.54) is 12.7 Å². The maximum absolute atomic E-state index is 6.16. The topological polar surface area (TPSA) is 36.9 Å². The van der Waals surface area contributed by atoms with E-state index in [1.807, 2.05) is 6.92 Å². The van der Waals surface area contributed by atoms with Crippen molar-refractivity contribution in [3.05, 3.63) is 29.8 Å². The quantitative estimate of drug-likeness (QED) is 0.450. The third kappa shape index (κ3) is 3.62. The molecule has 1 heterocycles. The van der Waals surface area contributed by atoms with Crippen molar-refractivity contribution in [1.29, 1.82) is 0 Å². The van der Waals surface area contributed by atoms with E-state index in [1.54, 1.807) is 0 Å². The van der Waals surface area contributed by atoms with E-state index in [-0.39, 0.29) is 22.7 Å². The van der Waals surface area contributed by atoms with Crippen molar-refractivity contribution in [2.24, 2.45) is 0 Å². The van der Waals surface area contributed by atoms with Gasteiger partial charge in [0, 0.05) is 10.7 Å². The fraction of sp³-hybridized carbons (Fsp3) is 0.667. The fourth-order valence-electron chi connectivity index (χ4n) is 2.27. The first-order valence-electron chi connectivity index (χ1n) is 8.00. The van der Waals surface area contributed by atoms with Gasteiger partial charge in [0.1, 0.15) is 0 Å². The molecule has 0 saturated carbocycles. The smallest absolute Gasteiger partial charge is 0.206 e. The predicted molar refractivity (Wildman–Crippen MR) is 93.9 cm³/mol. The summed E-state index contributed by atoms with van der Waals surface area (Å²) in [4.78, 5) is 10.1. The summed E-state index contributed by atoms with van der Waals surface area (Å²) in [6.45, 7) is 14.6. The molecule has 1 saturated heterocycles. The maximum Gasteiger partial charge on any atom is 0.206 e. The summed E-state index contributed by atoms with van der Waals surface area (Å²) < 4.78 is 12.3. The Morgan fingerprint density at radius 3 is 1.91 bits per heavy atom. The first-order chi connectivity index (χ1) is 10.5. The zero-order valence-corrected chi connectivity index (χ0v) is 16.4. The van der Waals surface area contributed by atoms with Crippen molar-refractivity contribution in [1.82, 2.24) is 0 Å². The number of benzene rings is 1. The summed E-state index contributed by atoms with van der Waals surface area (Å²) in [6.07, 6.45) is -0.0547. The van der Waals surface area contributed by atoms with Gasteiger partial charge < -0.3 is 9.05 Å². The SMILES string of the molecule is COOC(C)C(C)(C)c1ccc(P2OC(C)(C)C(C)(C)O2)cc1. The van der Waals surface area contributed by atoms with Gasteiger partial charge in [-0.2, -0.15) is 0 Å². The van der Waals surface area contributed by atoms with Crippen LogP contribution < -0.4 is 5.30 Å². The van der Waals surface area contributed by atoms with Crippen molar-refractivity contribution < 1.29 is 18.8 Å². The number of hydrogen-bond acceptors (Lipinski definition) is 4. The average molecular weight is 340 g/mol. The van der Waals surface area contributed by atoms with Gasteiger partial charge in [0.2, 0.25) is 8.38 Å². The minimum Gasteiger partial charge on any atom is -0.321 e. The van der Waals surface area contributed by atoms with Crippen LogP contribution in [0.2, 0.25) is 0 Å². The molecule has 1 aliphatic rings. The molecule has 1 atom stereocenters. The fourth-order valence-corrected chi connectivity index (χ4v) is 4.18. The minimum atomic E-state index is -1.04. The van der Waals surface area contributed by atoms with Gasteiger partial charge in [0.25, 0.3) is 0 Å². The van der Waals surface area contributed by atoms with E-state index in [4.69, 9.17) is 18.8 Å². The molecule has 1 fully saturated rings. The van der Waals surface area contributed by atoms with Gasteiger partial charge in [0.05, 0.1) is 24.4 Å². The molecule has 0 aromatic heterocycles. The van der Waals surface area contributed by atoms with Gasteiger partial charge >= 0.3 is 0 Å². The van der Waals surface area contributed by atoms with Gasteiger partial charge in [-0.05, 0) is 52.3 Å². The third-order valence-electron chi connectivity index (χ3n) is 5.15. The second kappa shape index (κ2) is 6.42. The summed E-state index contributed by atoms with van der Waals surface area (Å²) in [6, 6.07) is 8.44. The van der Waals surface area contributed by atoms with E-state index >= 15 is 0 Å². The van der Waals surface area contributed by atoms with Crippen LogP contribution >= 0.6 is 8.38 Å². The largest absolute Gasteiger partial charge is 0.321 e. The molecule has 1 aromatic rings. The maximum atomic E-state index is 6.16. The molecule has 0 amide bonds. The van der Waals surface area contributed by atoms with Crippen LogP contribution in [-0.2, 0) is 24.2 Å². The van der Waals surface area contributed by atoms with Crippen LogP contribution in [-0.4, -0.2) is 24.4 Å². The van der Waals surface area contributed by atoms with Gasteiger partial charge in [-0.1, -0.05) is 26.0 Å². The predicted octanol–water partition coefficient (Wildman–Crippen LogP) is 4.47. The minimum absolute atomic E-state index is 0.0547. The Hall–Kier alpha value is -0.510. The van der Waals surface area contributed by atoms with Gasteiger partial charge in [-0.25, -0.2) is 9.78 Å². The molecular weight excluding hydrogens is 311 g/mol. The first kappa shape index (κ1) is 18.8. The van der Waals surface area contributed by atoms with Crippen LogP contribution in [0.5, 0.6) is 0 Å². The number of hydrogen-bond donors (Lipinski definition) is 0.